The quantitative estimate of drug-likeness (QED) is 0.102. The molecule has 1 amide bonds. The monoisotopic (exact) mass is 888 g/mol. The van der Waals surface area contributed by atoms with Crippen LogP contribution in [0.2, 0.25) is 5.02 Å². The highest BCUT2D eigenvalue weighted by Crippen LogP contribution is 2.44. The summed E-state index contributed by atoms with van der Waals surface area (Å²) in [6.45, 7) is 18.7. The highest BCUT2D eigenvalue weighted by Gasteiger charge is 2.35. The molecule has 3 aliphatic heterocycles. The van der Waals surface area contributed by atoms with Gasteiger partial charge in [0, 0.05) is 104 Å². The number of nitrogens with one attached hydrogen (secondary N) is 2. The van der Waals surface area contributed by atoms with Crippen LogP contribution in [-0.2, 0) is 11.3 Å². The molecule has 0 radical (unpaired) electrons. The largest absolute Gasteiger partial charge is 0.381 e. The lowest BCUT2D eigenvalue weighted by Gasteiger charge is -2.43. The number of allylic oxidation sites excluding steroid dienone is 1. The van der Waals surface area contributed by atoms with E-state index in [1.807, 2.05) is 36.0 Å². The third-order valence-electron chi connectivity index (χ3n) is 13.8. The van der Waals surface area contributed by atoms with Crippen molar-refractivity contribution in [3.63, 3.8) is 0 Å². The van der Waals surface area contributed by atoms with E-state index in [1.165, 1.54) is 79.0 Å². The van der Waals surface area contributed by atoms with Crippen molar-refractivity contribution in [2.75, 3.05) is 101 Å². The molecule has 63 heavy (non-hydrogen) atoms. The molecule has 3 heterocycles. The number of carbonyl (C=O) groups excluding carboxylic acids is 1. The summed E-state index contributed by atoms with van der Waals surface area (Å²) in [4.78, 5) is 25.0. The molecule has 0 bridgehead atoms. The number of hydrogen-bond donors (Lipinski definition) is 2. The Morgan fingerprint density at radius 3 is 2.30 bits per heavy atom. The predicted octanol–water partition coefficient (Wildman–Crippen LogP) is 10.1. The van der Waals surface area contributed by atoms with E-state index in [9.17, 15) is 4.79 Å². The Bertz CT molecular complexity index is 2100. The maximum atomic E-state index is 13.4. The average molecular weight is 890 g/mol. The molecule has 4 aliphatic rings. The van der Waals surface area contributed by atoms with Crippen LogP contribution in [0.25, 0.3) is 5.57 Å². The Kier molecular flexibility index (Phi) is 16.2. The van der Waals surface area contributed by atoms with Crippen molar-refractivity contribution < 1.29 is 9.53 Å². The highest BCUT2D eigenvalue weighted by atomic mass is 35.5. The van der Waals surface area contributed by atoms with Gasteiger partial charge in [-0.3, -0.25) is 14.6 Å². The van der Waals surface area contributed by atoms with E-state index in [0.717, 1.165) is 100 Å². The van der Waals surface area contributed by atoms with Gasteiger partial charge in [0.05, 0.1) is 13.2 Å². The van der Waals surface area contributed by atoms with Gasteiger partial charge in [-0.15, -0.1) is 11.8 Å². The minimum atomic E-state index is -0.0446. The second-order valence-electron chi connectivity index (χ2n) is 18.8. The maximum absolute atomic E-state index is 13.4. The molecule has 1 unspecified atom stereocenters. The van der Waals surface area contributed by atoms with E-state index in [-0.39, 0.29) is 5.91 Å². The number of likely N-dealkylation sites (tertiary alicyclic amines) is 1. The van der Waals surface area contributed by atoms with Gasteiger partial charge in [0.15, 0.2) is 0 Å². The van der Waals surface area contributed by atoms with Crippen LogP contribution in [0.4, 0.5) is 11.4 Å². The summed E-state index contributed by atoms with van der Waals surface area (Å²) in [5, 5.41) is 7.85. The summed E-state index contributed by atoms with van der Waals surface area (Å²) in [7, 11) is 0. The molecule has 3 fully saturated rings. The first-order chi connectivity index (χ1) is 30.7. The van der Waals surface area contributed by atoms with Crippen molar-refractivity contribution in [2.24, 2.45) is 5.41 Å². The number of hydrogen-bond acceptors (Lipinski definition) is 8. The zero-order valence-corrected chi connectivity index (χ0v) is 39.3. The molecule has 0 saturated carbocycles. The fraction of sp³-hybridized carbons (Fsp3) is 0.491. The van der Waals surface area contributed by atoms with Gasteiger partial charge < -0.3 is 25.2 Å². The Hall–Kier alpha value is -3.83. The van der Waals surface area contributed by atoms with E-state index in [1.54, 1.807) is 5.57 Å². The first kappa shape index (κ1) is 45.7. The molecule has 2 atom stereocenters. The normalized spacial score (nSPS) is 21.0. The molecule has 8 rings (SSSR count). The first-order valence-corrected chi connectivity index (χ1v) is 25.0. The van der Waals surface area contributed by atoms with Gasteiger partial charge in [0.25, 0.3) is 5.91 Å². The molecule has 0 spiro atoms. The number of anilines is 2. The number of aryl methyl sites for hydroxylation is 1. The van der Waals surface area contributed by atoms with Crippen LogP contribution in [-0.4, -0.2) is 118 Å². The number of morpholine rings is 1. The van der Waals surface area contributed by atoms with Crippen molar-refractivity contribution in [3.05, 3.63) is 130 Å². The van der Waals surface area contributed by atoms with Crippen molar-refractivity contribution in [1.82, 2.24) is 20.0 Å². The fourth-order valence-electron chi connectivity index (χ4n) is 10.1. The molecule has 4 aromatic carbocycles. The number of benzene rings is 4. The predicted molar refractivity (Wildman–Crippen MR) is 265 cm³/mol. The van der Waals surface area contributed by atoms with Crippen LogP contribution in [0.5, 0.6) is 0 Å². The minimum Gasteiger partial charge on any atom is -0.381 e. The topological polar surface area (TPSA) is 63.3 Å². The summed E-state index contributed by atoms with van der Waals surface area (Å²) in [5.41, 5.74) is 10.1. The molecule has 2 N–H and O–H groups in total. The third kappa shape index (κ3) is 13.1. The van der Waals surface area contributed by atoms with Crippen molar-refractivity contribution >= 4 is 46.2 Å². The van der Waals surface area contributed by atoms with Gasteiger partial charge in [-0.05, 0) is 141 Å². The summed E-state index contributed by atoms with van der Waals surface area (Å²) in [6, 6.07) is 34.3. The number of rotatable bonds is 17. The molecular formula is C53H69ClN6O2S. The maximum Gasteiger partial charge on any atom is 0.251 e. The lowest BCUT2D eigenvalue weighted by Crippen LogP contribution is -2.47. The second-order valence-corrected chi connectivity index (χ2v) is 20.3. The summed E-state index contributed by atoms with van der Waals surface area (Å²) >= 11 is 8.23. The van der Waals surface area contributed by atoms with E-state index < -0.39 is 0 Å². The summed E-state index contributed by atoms with van der Waals surface area (Å²) < 4.78 is 5.58. The van der Waals surface area contributed by atoms with Crippen LogP contribution < -0.4 is 15.5 Å². The van der Waals surface area contributed by atoms with Gasteiger partial charge in [-0.1, -0.05) is 73.0 Å². The lowest BCUT2D eigenvalue weighted by molar-refractivity contribution is 0.0370. The zero-order valence-electron chi connectivity index (χ0n) is 37.8. The Morgan fingerprint density at radius 2 is 1.57 bits per heavy atom. The van der Waals surface area contributed by atoms with E-state index in [2.05, 4.69) is 117 Å². The van der Waals surface area contributed by atoms with Gasteiger partial charge in [0.1, 0.15) is 0 Å². The molecule has 8 nitrogen and oxygen atoms in total. The van der Waals surface area contributed by atoms with E-state index >= 15 is 0 Å². The zero-order chi connectivity index (χ0) is 43.4. The molecule has 4 aromatic rings. The van der Waals surface area contributed by atoms with Gasteiger partial charge in [-0.2, -0.15) is 0 Å². The molecule has 3 saturated heterocycles. The molecule has 0 aromatic heterocycles. The SMILES string of the molecule is Cc1cc(CNC(=O)c2ccc(N3CCN(CC4=C(c5ccc(Cl)cc5)CCC(C)(CN5CCCCC5)C4)CC3)cc2)ccc1N[C@H](CCN1CCOCC1)CSc1ccccc1. The fourth-order valence-corrected chi connectivity index (χ4v) is 11.2. The van der Waals surface area contributed by atoms with Crippen LogP contribution in [0.3, 0.4) is 0 Å². The minimum absolute atomic E-state index is 0.0446. The Labute approximate surface area is 386 Å². The molecule has 1 aliphatic carbocycles. The Morgan fingerprint density at radius 1 is 0.825 bits per heavy atom. The van der Waals surface area contributed by atoms with Crippen LogP contribution in [0.1, 0.15) is 78.9 Å². The summed E-state index contributed by atoms with van der Waals surface area (Å²) in [5.74, 6) is 0.946. The smallest absolute Gasteiger partial charge is 0.251 e. The average Bonchev–Trinajstić information content (AvgIpc) is 3.31. The second kappa shape index (κ2) is 22.4. The first-order valence-electron chi connectivity index (χ1n) is 23.6. The number of amides is 1. The van der Waals surface area contributed by atoms with Gasteiger partial charge in [-0.25, -0.2) is 0 Å². The highest BCUT2D eigenvalue weighted by molar-refractivity contribution is 7.99. The van der Waals surface area contributed by atoms with Crippen molar-refractivity contribution in [3.8, 4) is 0 Å². The lowest BCUT2D eigenvalue weighted by atomic mass is 9.71. The standard InChI is InChI=1S/C53H69ClN6O2S/c1-41-35-42(11-20-51(41)56-47(22-26-57-31-33-62-34-32-57)39-63-49-9-5-3-6-10-49)37-55-52(61)44-14-18-48(19-15-44)60-29-27-58(28-30-60)38-45-36-53(2,40-59-24-7-4-8-25-59)23-21-50(45)43-12-16-46(54)17-13-43/h3,5-6,9-20,35,47,56H,4,7-8,21-34,36-40H2,1-2H3,(H,55,61)/t47-,53?/m1/s1. The van der Waals surface area contributed by atoms with Crippen LogP contribution in [0.15, 0.2) is 108 Å². The van der Waals surface area contributed by atoms with Crippen LogP contribution in [0, 0.1) is 12.3 Å². The number of piperazine rings is 1. The van der Waals surface area contributed by atoms with Gasteiger partial charge >= 0.3 is 0 Å². The molecule has 336 valence electrons. The number of ether oxygens (including phenoxy) is 1. The van der Waals surface area contributed by atoms with E-state index in [4.69, 9.17) is 16.3 Å². The van der Waals surface area contributed by atoms with Crippen molar-refractivity contribution in [2.45, 2.75) is 76.3 Å². The number of thioether (sulfide) groups is 1. The molecular weight excluding hydrogens is 820 g/mol. The van der Waals surface area contributed by atoms with E-state index in [0.29, 0.717) is 23.6 Å². The Balaban J connectivity index is 0.823. The number of nitrogens with zero attached hydrogens (tertiary/aromatic N) is 4. The summed E-state index contributed by atoms with van der Waals surface area (Å²) in [6.07, 6.45) is 8.67. The third-order valence-corrected chi connectivity index (χ3v) is 15.2. The van der Waals surface area contributed by atoms with Crippen LogP contribution >= 0.6 is 23.4 Å². The molecule has 10 heteroatoms. The number of carbonyl (C=O) groups is 1. The van der Waals surface area contributed by atoms with Crippen molar-refractivity contribution in [1.29, 1.82) is 0 Å². The number of piperidine rings is 1. The van der Waals surface area contributed by atoms with Gasteiger partial charge in [0.2, 0.25) is 0 Å². The number of halogens is 1.